The van der Waals surface area contributed by atoms with Crippen LogP contribution in [-0.4, -0.2) is 50.7 Å². The van der Waals surface area contributed by atoms with Crippen LogP contribution in [0.1, 0.15) is 31.7 Å². The molecule has 5 heteroatoms. The van der Waals surface area contributed by atoms with Gasteiger partial charge in [0.05, 0.1) is 13.2 Å². The van der Waals surface area contributed by atoms with Crippen molar-refractivity contribution in [1.82, 2.24) is 15.5 Å². The van der Waals surface area contributed by atoms with E-state index in [2.05, 4.69) is 53.7 Å². The van der Waals surface area contributed by atoms with Crippen molar-refractivity contribution >= 4 is 5.96 Å². The first-order valence-corrected chi connectivity index (χ1v) is 8.58. The Hall–Kier alpha value is -1.75. The van der Waals surface area contributed by atoms with Crippen molar-refractivity contribution < 1.29 is 4.74 Å². The van der Waals surface area contributed by atoms with Crippen LogP contribution in [0.5, 0.6) is 5.75 Å². The van der Waals surface area contributed by atoms with Crippen molar-refractivity contribution in [2.75, 3.05) is 33.8 Å². The molecule has 2 rings (SSSR count). The lowest BCUT2D eigenvalue weighted by atomic mass is 10.2. The Morgan fingerprint density at radius 2 is 2.00 bits per heavy atom. The standard InChI is InChI=1S/C18H30N4O/c1-4-19-18(21-16-8-9-16)20-14-15-6-10-17(11-7-15)23-13-5-12-22(2)3/h6-7,10-11,16H,4-5,8-9,12-14H2,1-3H3,(H2,19,20,21). The maximum absolute atomic E-state index is 5.75. The Morgan fingerprint density at radius 1 is 1.26 bits per heavy atom. The number of benzene rings is 1. The van der Waals surface area contributed by atoms with Crippen LogP contribution in [0, 0.1) is 0 Å². The number of hydrogen-bond acceptors (Lipinski definition) is 3. The zero-order chi connectivity index (χ0) is 16.5. The van der Waals surface area contributed by atoms with E-state index in [9.17, 15) is 0 Å². The van der Waals surface area contributed by atoms with E-state index in [4.69, 9.17) is 4.74 Å². The summed E-state index contributed by atoms with van der Waals surface area (Å²) in [4.78, 5) is 6.81. The van der Waals surface area contributed by atoms with Gasteiger partial charge in [-0.15, -0.1) is 0 Å². The van der Waals surface area contributed by atoms with Crippen LogP contribution < -0.4 is 15.4 Å². The zero-order valence-corrected chi connectivity index (χ0v) is 14.6. The van der Waals surface area contributed by atoms with E-state index in [1.807, 2.05) is 12.1 Å². The highest BCUT2D eigenvalue weighted by Gasteiger charge is 2.21. The molecule has 1 fully saturated rings. The van der Waals surface area contributed by atoms with Gasteiger partial charge in [-0.3, -0.25) is 0 Å². The predicted octanol–water partition coefficient (Wildman–Crippen LogP) is 2.23. The summed E-state index contributed by atoms with van der Waals surface area (Å²) in [6.45, 7) is 5.47. The largest absolute Gasteiger partial charge is 0.494 e. The van der Waals surface area contributed by atoms with E-state index in [-0.39, 0.29) is 0 Å². The third-order valence-corrected chi connectivity index (χ3v) is 3.62. The monoisotopic (exact) mass is 318 g/mol. The second-order valence-electron chi connectivity index (χ2n) is 6.26. The zero-order valence-electron chi connectivity index (χ0n) is 14.6. The van der Waals surface area contributed by atoms with E-state index >= 15 is 0 Å². The first-order valence-electron chi connectivity index (χ1n) is 8.58. The Bertz CT molecular complexity index is 480. The van der Waals surface area contributed by atoms with Gasteiger partial charge in [-0.1, -0.05) is 12.1 Å². The molecule has 23 heavy (non-hydrogen) atoms. The molecule has 0 unspecified atom stereocenters. The molecule has 0 aliphatic heterocycles. The Kier molecular flexibility index (Phi) is 7.20. The summed E-state index contributed by atoms with van der Waals surface area (Å²) in [7, 11) is 4.16. The van der Waals surface area contributed by atoms with Gasteiger partial charge in [-0.25, -0.2) is 4.99 Å². The fraction of sp³-hybridized carbons (Fsp3) is 0.611. The number of hydrogen-bond donors (Lipinski definition) is 2. The van der Waals surface area contributed by atoms with E-state index < -0.39 is 0 Å². The van der Waals surface area contributed by atoms with Gasteiger partial charge < -0.3 is 20.3 Å². The molecule has 1 aliphatic rings. The lowest BCUT2D eigenvalue weighted by Crippen LogP contribution is -2.38. The Balaban J connectivity index is 1.76. The van der Waals surface area contributed by atoms with Crippen LogP contribution in [-0.2, 0) is 6.54 Å². The van der Waals surface area contributed by atoms with Crippen LogP contribution in [0.25, 0.3) is 0 Å². The maximum atomic E-state index is 5.75. The first-order chi connectivity index (χ1) is 11.2. The molecule has 0 saturated heterocycles. The molecule has 128 valence electrons. The van der Waals surface area contributed by atoms with Gasteiger partial charge in [-0.2, -0.15) is 0 Å². The van der Waals surface area contributed by atoms with Gasteiger partial charge >= 0.3 is 0 Å². The highest BCUT2D eigenvalue weighted by Crippen LogP contribution is 2.18. The van der Waals surface area contributed by atoms with Gasteiger partial charge in [0.25, 0.3) is 0 Å². The van der Waals surface area contributed by atoms with E-state index in [1.165, 1.54) is 18.4 Å². The van der Waals surface area contributed by atoms with Gasteiger partial charge in [0.2, 0.25) is 0 Å². The normalized spacial score (nSPS) is 14.9. The van der Waals surface area contributed by atoms with Crippen molar-refractivity contribution in [1.29, 1.82) is 0 Å². The summed E-state index contributed by atoms with van der Waals surface area (Å²) in [6.07, 6.45) is 3.55. The quantitative estimate of drug-likeness (QED) is 0.416. The van der Waals surface area contributed by atoms with E-state index in [0.29, 0.717) is 12.6 Å². The molecule has 0 amide bonds. The number of aliphatic imine (C=N–C) groups is 1. The fourth-order valence-electron chi connectivity index (χ4n) is 2.17. The fourth-order valence-corrected chi connectivity index (χ4v) is 2.17. The molecule has 1 saturated carbocycles. The van der Waals surface area contributed by atoms with Crippen molar-refractivity contribution in [3.05, 3.63) is 29.8 Å². The SMILES string of the molecule is CCNC(=NCc1ccc(OCCCN(C)C)cc1)NC1CC1. The summed E-state index contributed by atoms with van der Waals surface area (Å²) in [5, 5.41) is 6.72. The highest BCUT2D eigenvalue weighted by atomic mass is 16.5. The minimum Gasteiger partial charge on any atom is -0.494 e. The second-order valence-corrected chi connectivity index (χ2v) is 6.26. The average molecular weight is 318 g/mol. The molecule has 0 atom stereocenters. The minimum atomic E-state index is 0.616. The smallest absolute Gasteiger partial charge is 0.191 e. The van der Waals surface area contributed by atoms with Gasteiger partial charge in [0.1, 0.15) is 5.75 Å². The Labute approximate surface area is 140 Å². The third-order valence-electron chi connectivity index (χ3n) is 3.62. The van der Waals surface area contributed by atoms with Crippen LogP contribution >= 0.6 is 0 Å². The molecule has 0 radical (unpaired) electrons. The number of nitrogens with zero attached hydrogens (tertiary/aromatic N) is 2. The van der Waals surface area contributed by atoms with Crippen LogP contribution in [0.4, 0.5) is 0 Å². The molecule has 0 spiro atoms. The number of ether oxygens (including phenoxy) is 1. The molecule has 1 aromatic carbocycles. The topological polar surface area (TPSA) is 48.9 Å². The van der Waals surface area contributed by atoms with Crippen molar-refractivity contribution in [2.24, 2.45) is 4.99 Å². The molecular formula is C18H30N4O. The average Bonchev–Trinajstić information content (AvgIpc) is 3.34. The van der Waals surface area contributed by atoms with Crippen molar-refractivity contribution in [3.8, 4) is 5.75 Å². The van der Waals surface area contributed by atoms with E-state index in [1.54, 1.807) is 0 Å². The second kappa shape index (κ2) is 9.40. The summed E-state index contributed by atoms with van der Waals surface area (Å²) in [5.74, 6) is 1.85. The molecule has 1 aromatic rings. The first kappa shape index (κ1) is 17.6. The summed E-state index contributed by atoms with van der Waals surface area (Å²) >= 11 is 0. The van der Waals surface area contributed by atoms with Gasteiger partial charge in [0.15, 0.2) is 5.96 Å². The maximum Gasteiger partial charge on any atom is 0.191 e. The molecule has 0 aromatic heterocycles. The minimum absolute atomic E-state index is 0.616. The Morgan fingerprint density at radius 3 is 2.61 bits per heavy atom. The van der Waals surface area contributed by atoms with Crippen molar-refractivity contribution in [2.45, 2.75) is 38.8 Å². The predicted molar refractivity (Wildman–Crippen MR) is 96.1 cm³/mol. The van der Waals surface area contributed by atoms with Gasteiger partial charge in [-0.05, 0) is 58.0 Å². The van der Waals surface area contributed by atoms with Crippen LogP contribution in [0.3, 0.4) is 0 Å². The molecule has 0 bridgehead atoms. The van der Waals surface area contributed by atoms with Crippen LogP contribution in [0.2, 0.25) is 0 Å². The summed E-state index contributed by atoms with van der Waals surface area (Å²) in [6, 6.07) is 8.85. The number of rotatable bonds is 9. The summed E-state index contributed by atoms with van der Waals surface area (Å²) < 4.78 is 5.75. The lowest BCUT2D eigenvalue weighted by molar-refractivity contribution is 0.281. The molecule has 0 heterocycles. The molecule has 5 nitrogen and oxygen atoms in total. The number of nitrogens with one attached hydrogen (secondary N) is 2. The molecule has 1 aliphatic carbocycles. The third kappa shape index (κ3) is 7.37. The van der Waals surface area contributed by atoms with Crippen molar-refractivity contribution in [3.63, 3.8) is 0 Å². The summed E-state index contributed by atoms with van der Waals surface area (Å²) in [5.41, 5.74) is 1.19. The molecule has 2 N–H and O–H groups in total. The van der Waals surface area contributed by atoms with E-state index in [0.717, 1.165) is 37.8 Å². The highest BCUT2D eigenvalue weighted by molar-refractivity contribution is 5.80. The van der Waals surface area contributed by atoms with Gasteiger partial charge in [0, 0.05) is 19.1 Å². The number of guanidine groups is 1. The lowest BCUT2D eigenvalue weighted by Gasteiger charge is -2.11. The molecular weight excluding hydrogens is 288 g/mol. The van der Waals surface area contributed by atoms with Crippen LogP contribution in [0.15, 0.2) is 29.3 Å².